The van der Waals surface area contributed by atoms with Crippen LogP contribution in [0.5, 0.6) is 0 Å². The molecule has 1 aromatic heterocycles. The van der Waals surface area contributed by atoms with E-state index >= 15 is 0 Å². The molecule has 2 heterocycles. The van der Waals surface area contributed by atoms with Gasteiger partial charge in [-0.3, -0.25) is 9.69 Å². The molecule has 0 radical (unpaired) electrons. The van der Waals surface area contributed by atoms with Crippen LogP contribution in [0.2, 0.25) is 0 Å². The molecular weight excluding hydrogens is 383 g/mol. The van der Waals surface area contributed by atoms with Gasteiger partial charge in [-0.05, 0) is 26.3 Å². The Bertz CT molecular complexity index is 826. The minimum atomic E-state index is -4.27. The Labute approximate surface area is 168 Å². The van der Waals surface area contributed by atoms with Crippen molar-refractivity contribution in [3.8, 4) is 0 Å². The second-order valence-corrected chi connectivity index (χ2v) is 7.61. The number of ketones is 1. The summed E-state index contributed by atoms with van der Waals surface area (Å²) in [5.41, 5.74) is 2.62. The minimum Gasteiger partial charge on any atom is -0.372 e. The van der Waals surface area contributed by atoms with Crippen LogP contribution in [0.1, 0.15) is 29.4 Å². The molecule has 1 N–H and O–H groups in total. The van der Waals surface area contributed by atoms with Gasteiger partial charge in [-0.25, -0.2) is 0 Å². The Morgan fingerprint density at radius 2 is 1.90 bits per heavy atom. The summed E-state index contributed by atoms with van der Waals surface area (Å²) in [5, 5.41) is 0.958. The number of carbonyl (C=O) groups is 1. The number of nitrogens with zero attached hydrogens (tertiary/aromatic N) is 2. The third kappa shape index (κ3) is 5.58. The maximum Gasteiger partial charge on any atom is 0.411 e. The lowest BCUT2D eigenvalue weighted by Gasteiger charge is -2.37. The lowest BCUT2D eigenvalue weighted by molar-refractivity contribution is -0.174. The fourth-order valence-corrected chi connectivity index (χ4v) is 3.92. The number of aryl methyl sites for hydroxylation is 1. The number of hydrogen-bond donors (Lipinski definition) is 1. The van der Waals surface area contributed by atoms with Crippen molar-refractivity contribution in [3.05, 3.63) is 35.5 Å². The number of rotatable bonds is 8. The first-order valence-electron chi connectivity index (χ1n) is 9.98. The summed E-state index contributed by atoms with van der Waals surface area (Å²) in [5.74, 6) is 0.119. The van der Waals surface area contributed by atoms with Crippen LogP contribution in [-0.4, -0.2) is 78.7 Å². The predicted octanol–water partition coefficient (Wildman–Crippen LogP) is 3.63. The van der Waals surface area contributed by atoms with E-state index in [4.69, 9.17) is 0 Å². The normalized spacial score (nSPS) is 17.7. The lowest BCUT2D eigenvalue weighted by Crippen LogP contribution is -2.51. The van der Waals surface area contributed by atoms with E-state index in [-0.39, 0.29) is 18.4 Å². The highest BCUT2D eigenvalue weighted by Crippen LogP contribution is 2.24. The summed E-state index contributed by atoms with van der Waals surface area (Å²) in [6, 6.07) is 7.61. The van der Waals surface area contributed by atoms with E-state index in [0.717, 1.165) is 48.3 Å². The zero-order valence-electron chi connectivity index (χ0n) is 16.9. The smallest absolute Gasteiger partial charge is 0.372 e. The number of ether oxygens (including phenoxy) is 1. The van der Waals surface area contributed by atoms with Crippen molar-refractivity contribution in [3.63, 3.8) is 0 Å². The maximum atomic E-state index is 13.2. The average Bonchev–Trinajstić information content (AvgIpc) is 3.02. The topological polar surface area (TPSA) is 48.6 Å². The molecule has 0 aliphatic carbocycles. The van der Waals surface area contributed by atoms with Crippen LogP contribution in [0.4, 0.5) is 13.2 Å². The number of para-hydroxylation sites is 1. The molecule has 29 heavy (non-hydrogen) atoms. The van der Waals surface area contributed by atoms with Gasteiger partial charge in [0, 0.05) is 61.5 Å². The molecule has 2 aromatic rings. The molecule has 8 heteroatoms. The molecule has 1 aliphatic heterocycles. The van der Waals surface area contributed by atoms with Gasteiger partial charge in [0.25, 0.3) is 0 Å². The minimum absolute atomic E-state index is 0.106. The molecule has 0 saturated carbocycles. The van der Waals surface area contributed by atoms with Gasteiger partial charge in [0.1, 0.15) is 6.61 Å². The number of piperazine rings is 1. The summed E-state index contributed by atoms with van der Waals surface area (Å²) in [6.07, 6.45) is -3.70. The third-order valence-electron chi connectivity index (χ3n) is 5.50. The number of H-pyrrole nitrogens is 1. The van der Waals surface area contributed by atoms with E-state index in [1.54, 1.807) is 0 Å². The molecule has 1 saturated heterocycles. The number of carbonyl (C=O) groups excluding carboxylic acids is 1. The third-order valence-corrected chi connectivity index (χ3v) is 5.50. The van der Waals surface area contributed by atoms with E-state index in [1.165, 1.54) is 0 Å². The number of nitrogens with one attached hydrogen (secondary N) is 1. The number of halogens is 3. The highest BCUT2D eigenvalue weighted by atomic mass is 19.4. The Kier molecular flexibility index (Phi) is 6.97. The predicted molar refractivity (Wildman–Crippen MR) is 106 cm³/mol. The van der Waals surface area contributed by atoms with Gasteiger partial charge >= 0.3 is 6.18 Å². The zero-order chi connectivity index (χ0) is 21.0. The standard InChI is InChI=1S/C21H28F3N3O2/c1-15-19(17-6-3-4-7-18(17)25-15)20(28)16(2)27-11-9-26(10-12-27)8-5-13-29-14-21(22,23)24/h3-4,6-7,16,25H,5,8-14H2,1-2H3. The Morgan fingerprint density at radius 1 is 1.21 bits per heavy atom. The van der Waals surface area contributed by atoms with E-state index in [0.29, 0.717) is 13.0 Å². The Balaban J connectivity index is 1.48. The van der Waals surface area contributed by atoms with Crippen molar-refractivity contribution in [1.29, 1.82) is 0 Å². The molecular formula is C21H28F3N3O2. The quantitative estimate of drug-likeness (QED) is 0.532. The van der Waals surface area contributed by atoms with Crippen molar-refractivity contribution >= 4 is 16.7 Å². The number of aromatic amines is 1. The Hall–Kier alpha value is -1.90. The second-order valence-electron chi connectivity index (χ2n) is 7.61. The average molecular weight is 411 g/mol. The second kappa shape index (κ2) is 9.28. The number of fused-ring (bicyclic) bond motifs is 1. The summed E-state index contributed by atoms with van der Waals surface area (Å²) in [6.45, 7) is 6.61. The molecule has 3 rings (SSSR count). The molecule has 1 aromatic carbocycles. The molecule has 0 spiro atoms. The molecule has 5 nitrogen and oxygen atoms in total. The van der Waals surface area contributed by atoms with Gasteiger partial charge in [0.2, 0.25) is 0 Å². The van der Waals surface area contributed by atoms with Crippen LogP contribution in [0, 0.1) is 6.92 Å². The first-order valence-corrected chi connectivity index (χ1v) is 9.98. The van der Waals surface area contributed by atoms with Crippen LogP contribution in [-0.2, 0) is 4.74 Å². The number of alkyl halides is 3. The van der Waals surface area contributed by atoms with E-state index in [9.17, 15) is 18.0 Å². The van der Waals surface area contributed by atoms with Gasteiger partial charge in [0.05, 0.1) is 6.04 Å². The first-order chi connectivity index (χ1) is 13.8. The Morgan fingerprint density at radius 3 is 2.59 bits per heavy atom. The van der Waals surface area contributed by atoms with Gasteiger partial charge in [-0.15, -0.1) is 0 Å². The largest absolute Gasteiger partial charge is 0.411 e. The van der Waals surface area contributed by atoms with Crippen LogP contribution >= 0.6 is 0 Å². The molecule has 0 bridgehead atoms. The summed E-state index contributed by atoms with van der Waals surface area (Å²) in [7, 11) is 0. The summed E-state index contributed by atoms with van der Waals surface area (Å²) >= 11 is 0. The molecule has 0 amide bonds. The van der Waals surface area contributed by atoms with Crippen molar-refractivity contribution in [2.45, 2.75) is 32.5 Å². The number of aromatic nitrogens is 1. The zero-order valence-corrected chi connectivity index (χ0v) is 16.9. The summed E-state index contributed by atoms with van der Waals surface area (Å²) < 4.78 is 40.9. The highest BCUT2D eigenvalue weighted by Gasteiger charge is 2.29. The molecule has 1 aliphatic rings. The van der Waals surface area contributed by atoms with Crippen molar-refractivity contribution < 1.29 is 22.7 Å². The van der Waals surface area contributed by atoms with E-state index in [2.05, 4.69) is 19.5 Å². The van der Waals surface area contributed by atoms with Crippen LogP contribution < -0.4 is 0 Å². The van der Waals surface area contributed by atoms with Gasteiger partial charge in [0.15, 0.2) is 5.78 Å². The lowest BCUT2D eigenvalue weighted by atomic mass is 10.0. The van der Waals surface area contributed by atoms with Gasteiger partial charge in [-0.1, -0.05) is 18.2 Å². The van der Waals surface area contributed by atoms with Gasteiger partial charge in [-0.2, -0.15) is 13.2 Å². The SMILES string of the molecule is Cc1[nH]c2ccccc2c1C(=O)C(C)N1CCN(CCCOCC(F)(F)F)CC1. The highest BCUT2D eigenvalue weighted by molar-refractivity contribution is 6.11. The van der Waals surface area contributed by atoms with E-state index in [1.807, 2.05) is 38.1 Å². The van der Waals surface area contributed by atoms with Crippen LogP contribution in [0.3, 0.4) is 0 Å². The van der Waals surface area contributed by atoms with E-state index < -0.39 is 12.8 Å². The monoisotopic (exact) mass is 411 g/mol. The summed E-state index contributed by atoms with van der Waals surface area (Å²) in [4.78, 5) is 20.8. The van der Waals surface area contributed by atoms with Gasteiger partial charge < -0.3 is 14.6 Å². The molecule has 1 unspecified atom stereocenters. The molecule has 160 valence electrons. The molecule has 1 fully saturated rings. The maximum absolute atomic E-state index is 13.2. The first kappa shape index (κ1) is 21.8. The van der Waals surface area contributed by atoms with Crippen molar-refractivity contribution in [1.82, 2.24) is 14.8 Å². The molecule has 1 atom stereocenters. The van der Waals surface area contributed by atoms with Crippen LogP contribution in [0.25, 0.3) is 10.9 Å². The fraction of sp³-hybridized carbons (Fsp3) is 0.571. The number of benzene rings is 1. The van der Waals surface area contributed by atoms with Crippen molar-refractivity contribution in [2.75, 3.05) is 45.9 Å². The van der Waals surface area contributed by atoms with Crippen LogP contribution in [0.15, 0.2) is 24.3 Å². The fourth-order valence-electron chi connectivity index (χ4n) is 3.92. The van der Waals surface area contributed by atoms with Crippen molar-refractivity contribution in [2.24, 2.45) is 0 Å². The number of Topliss-reactive ketones (excluding diaryl/α,β-unsaturated/α-hetero) is 1. The number of hydrogen-bond acceptors (Lipinski definition) is 4.